The number of thiophene rings is 1. The van der Waals surface area contributed by atoms with Crippen LogP contribution in [0.25, 0.3) is 0 Å². The van der Waals surface area contributed by atoms with Crippen molar-refractivity contribution in [1.82, 2.24) is 10.1 Å². The lowest BCUT2D eigenvalue weighted by Gasteiger charge is -2.02. The highest BCUT2D eigenvalue weighted by Gasteiger charge is 2.25. The first-order chi connectivity index (χ1) is 8.34. The van der Waals surface area contributed by atoms with E-state index in [-0.39, 0.29) is 5.92 Å². The smallest absolute Gasteiger partial charge is 0.234 e. The molecule has 17 heavy (non-hydrogen) atoms. The Morgan fingerprint density at radius 3 is 3.18 bits per heavy atom. The van der Waals surface area contributed by atoms with Crippen molar-refractivity contribution < 1.29 is 9.26 Å². The van der Waals surface area contributed by atoms with E-state index < -0.39 is 0 Å². The zero-order chi connectivity index (χ0) is 11.7. The summed E-state index contributed by atoms with van der Waals surface area (Å²) in [6, 6.07) is 4.14. The molecular formula is C12H14N2O2S. The van der Waals surface area contributed by atoms with Crippen molar-refractivity contribution in [3.63, 3.8) is 0 Å². The topological polar surface area (TPSA) is 48.2 Å². The average molecular weight is 250 g/mol. The van der Waals surface area contributed by atoms with Crippen molar-refractivity contribution in [2.24, 2.45) is 0 Å². The predicted octanol–water partition coefficient (Wildman–Crippen LogP) is 2.79. The molecule has 0 N–H and O–H groups in total. The third kappa shape index (κ3) is 2.12. The van der Waals surface area contributed by atoms with Crippen molar-refractivity contribution >= 4 is 11.3 Å². The maximum Gasteiger partial charge on any atom is 0.234 e. The van der Waals surface area contributed by atoms with Crippen LogP contribution in [-0.2, 0) is 4.74 Å². The molecule has 2 aromatic rings. The van der Waals surface area contributed by atoms with Crippen LogP contribution in [0.4, 0.5) is 0 Å². The summed E-state index contributed by atoms with van der Waals surface area (Å²) in [7, 11) is 0. The third-order valence-electron chi connectivity index (χ3n) is 3.09. The fraction of sp³-hybridized carbons (Fsp3) is 0.500. The minimum Gasteiger partial charge on any atom is -0.381 e. The van der Waals surface area contributed by atoms with Gasteiger partial charge in [-0.15, -0.1) is 11.3 Å². The Morgan fingerprint density at radius 1 is 1.53 bits per heavy atom. The van der Waals surface area contributed by atoms with Crippen molar-refractivity contribution in [2.75, 3.05) is 13.2 Å². The maximum atomic E-state index is 5.35. The molecule has 1 aliphatic rings. The number of hydrogen-bond donors (Lipinski definition) is 0. The minimum absolute atomic E-state index is 0.179. The standard InChI is InChI=1S/C12H14N2O2S/c1-8(10-3-2-6-17-10)12-13-11(14-16-12)9-4-5-15-7-9/h2-3,6,8-9H,4-5,7H2,1H3/t8-,9+/m1/s1. The Morgan fingerprint density at radius 2 is 2.47 bits per heavy atom. The molecule has 2 aromatic heterocycles. The zero-order valence-corrected chi connectivity index (χ0v) is 10.4. The van der Waals surface area contributed by atoms with Crippen molar-refractivity contribution in [3.05, 3.63) is 34.1 Å². The summed E-state index contributed by atoms with van der Waals surface area (Å²) in [5.74, 6) is 1.98. The quantitative estimate of drug-likeness (QED) is 0.840. The van der Waals surface area contributed by atoms with E-state index in [0.29, 0.717) is 18.4 Å². The first-order valence-electron chi connectivity index (χ1n) is 5.79. The molecule has 4 nitrogen and oxygen atoms in total. The summed E-state index contributed by atoms with van der Waals surface area (Å²) >= 11 is 1.71. The van der Waals surface area contributed by atoms with Gasteiger partial charge in [0.25, 0.3) is 0 Å². The predicted molar refractivity (Wildman–Crippen MR) is 64.3 cm³/mol. The molecule has 2 atom stereocenters. The van der Waals surface area contributed by atoms with Gasteiger partial charge in [0.05, 0.1) is 12.5 Å². The SMILES string of the molecule is C[C@@H](c1nc([C@H]2CCOC2)no1)c1cccs1. The largest absolute Gasteiger partial charge is 0.381 e. The van der Waals surface area contributed by atoms with Gasteiger partial charge in [0, 0.05) is 17.4 Å². The van der Waals surface area contributed by atoms with E-state index in [1.807, 2.05) is 6.07 Å². The second kappa shape index (κ2) is 4.58. The molecule has 5 heteroatoms. The lowest BCUT2D eigenvalue weighted by atomic mass is 10.1. The van der Waals surface area contributed by atoms with Crippen LogP contribution in [-0.4, -0.2) is 23.4 Å². The Labute approximate surface area is 104 Å². The van der Waals surface area contributed by atoms with Gasteiger partial charge in [-0.3, -0.25) is 0 Å². The van der Waals surface area contributed by atoms with E-state index in [0.717, 1.165) is 18.9 Å². The molecular weight excluding hydrogens is 236 g/mol. The van der Waals surface area contributed by atoms with Crippen LogP contribution in [0.3, 0.4) is 0 Å². The molecule has 1 fully saturated rings. The molecule has 0 radical (unpaired) electrons. The van der Waals surface area contributed by atoms with Gasteiger partial charge in [-0.2, -0.15) is 4.98 Å². The number of hydrogen-bond acceptors (Lipinski definition) is 5. The van der Waals surface area contributed by atoms with Crippen LogP contribution in [0.1, 0.15) is 41.8 Å². The first-order valence-corrected chi connectivity index (χ1v) is 6.67. The van der Waals surface area contributed by atoms with E-state index in [1.165, 1.54) is 4.88 Å². The molecule has 0 aromatic carbocycles. The zero-order valence-electron chi connectivity index (χ0n) is 9.63. The van der Waals surface area contributed by atoms with Gasteiger partial charge in [-0.1, -0.05) is 11.2 Å². The Bertz CT molecular complexity index is 474. The molecule has 0 bridgehead atoms. The van der Waals surface area contributed by atoms with Gasteiger partial charge in [0.15, 0.2) is 5.82 Å². The second-order valence-corrected chi connectivity index (χ2v) is 5.27. The maximum absolute atomic E-state index is 5.35. The summed E-state index contributed by atoms with van der Waals surface area (Å²) in [6.45, 7) is 3.61. The molecule has 0 aliphatic carbocycles. The first kappa shape index (κ1) is 10.9. The minimum atomic E-state index is 0.179. The number of rotatable bonds is 3. The second-order valence-electron chi connectivity index (χ2n) is 4.29. The average Bonchev–Trinajstić information content (AvgIpc) is 3.09. The molecule has 1 saturated heterocycles. The van der Waals surface area contributed by atoms with Gasteiger partial charge >= 0.3 is 0 Å². The molecule has 0 amide bonds. The third-order valence-corrected chi connectivity index (χ3v) is 4.15. The van der Waals surface area contributed by atoms with E-state index in [2.05, 4.69) is 28.5 Å². The van der Waals surface area contributed by atoms with Crippen LogP contribution < -0.4 is 0 Å². The van der Waals surface area contributed by atoms with Gasteiger partial charge in [-0.05, 0) is 24.8 Å². The van der Waals surface area contributed by atoms with Gasteiger partial charge in [0.2, 0.25) is 5.89 Å². The van der Waals surface area contributed by atoms with Gasteiger partial charge < -0.3 is 9.26 Å². The van der Waals surface area contributed by atoms with E-state index in [4.69, 9.17) is 9.26 Å². The molecule has 0 spiro atoms. The number of ether oxygens (including phenoxy) is 1. The summed E-state index contributed by atoms with van der Waals surface area (Å²) in [6.07, 6.45) is 0.992. The highest BCUT2D eigenvalue weighted by molar-refractivity contribution is 7.10. The van der Waals surface area contributed by atoms with Crippen LogP contribution in [0.15, 0.2) is 22.0 Å². The van der Waals surface area contributed by atoms with Crippen LogP contribution in [0, 0.1) is 0 Å². The molecule has 3 heterocycles. The summed E-state index contributed by atoms with van der Waals surface area (Å²) in [4.78, 5) is 5.75. The summed E-state index contributed by atoms with van der Waals surface area (Å²) in [5, 5.41) is 6.13. The fourth-order valence-corrected chi connectivity index (χ4v) is 2.76. The highest BCUT2D eigenvalue weighted by atomic mass is 32.1. The normalized spacial score (nSPS) is 21.8. The van der Waals surface area contributed by atoms with E-state index in [9.17, 15) is 0 Å². The van der Waals surface area contributed by atoms with Crippen molar-refractivity contribution in [2.45, 2.75) is 25.2 Å². The fourth-order valence-electron chi connectivity index (χ4n) is 1.99. The lowest BCUT2D eigenvalue weighted by Crippen LogP contribution is -2.01. The Hall–Kier alpha value is -1.20. The van der Waals surface area contributed by atoms with E-state index in [1.54, 1.807) is 11.3 Å². The number of aromatic nitrogens is 2. The highest BCUT2D eigenvalue weighted by Crippen LogP contribution is 2.29. The molecule has 0 unspecified atom stereocenters. The summed E-state index contributed by atoms with van der Waals surface area (Å²) in [5.41, 5.74) is 0. The Kier molecular flexibility index (Phi) is 2.94. The van der Waals surface area contributed by atoms with Crippen LogP contribution in [0.5, 0.6) is 0 Å². The van der Waals surface area contributed by atoms with Gasteiger partial charge in [0.1, 0.15) is 0 Å². The molecule has 3 rings (SSSR count). The number of nitrogens with zero attached hydrogens (tertiary/aromatic N) is 2. The Balaban J connectivity index is 1.80. The van der Waals surface area contributed by atoms with Crippen LogP contribution >= 0.6 is 11.3 Å². The van der Waals surface area contributed by atoms with Crippen molar-refractivity contribution in [3.8, 4) is 0 Å². The monoisotopic (exact) mass is 250 g/mol. The molecule has 1 aliphatic heterocycles. The lowest BCUT2D eigenvalue weighted by molar-refractivity contribution is 0.192. The van der Waals surface area contributed by atoms with E-state index >= 15 is 0 Å². The van der Waals surface area contributed by atoms with Crippen molar-refractivity contribution in [1.29, 1.82) is 0 Å². The van der Waals surface area contributed by atoms with Crippen LogP contribution in [0.2, 0.25) is 0 Å². The molecule has 90 valence electrons. The summed E-state index contributed by atoms with van der Waals surface area (Å²) < 4.78 is 10.7. The molecule has 0 saturated carbocycles. The van der Waals surface area contributed by atoms with Gasteiger partial charge in [-0.25, -0.2) is 0 Å².